The second-order valence-corrected chi connectivity index (χ2v) is 11.4. The van der Waals surface area contributed by atoms with E-state index in [1.165, 1.54) is 39.5 Å². The molecule has 0 aliphatic carbocycles. The molecule has 42 heavy (non-hydrogen) atoms. The number of fused-ring (bicyclic) bond motifs is 1. The smallest absolute Gasteiger partial charge is 0.328 e. The number of hydrogen-bond acceptors (Lipinski definition) is 8. The maximum absolute atomic E-state index is 14.0. The molecule has 1 atom stereocenters. The molecule has 0 aliphatic rings. The van der Waals surface area contributed by atoms with Crippen molar-refractivity contribution in [1.29, 1.82) is 0 Å². The molecule has 1 amide bonds. The van der Waals surface area contributed by atoms with Gasteiger partial charge < -0.3 is 19.5 Å². The van der Waals surface area contributed by atoms with Crippen LogP contribution in [-0.4, -0.2) is 57.4 Å². The first kappa shape index (κ1) is 30.3. The van der Waals surface area contributed by atoms with Crippen molar-refractivity contribution < 1.29 is 37.0 Å². The Morgan fingerprint density at radius 1 is 1.02 bits per heavy atom. The number of amides is 1. The predicted octanol–water partition coefficient (Wildman–Crippen LogP) is 4.29. The molecule has 0 spiro atoms. The fraction of sp³-hybridized carbons (Fsp3) is 0.258. The molecule has 1 N–H and O–H groups in total. The summed E-state index contributed by atoms with van der Waals surface area (Å²) >= 11 is 0. The summed E-state index contributed by atoms with van der Waals surface area (Å²) in [5, 5.41) is 3.15. The third-order valence-electron chi connectivity index (χ3n) is 6.75. The van der Waals surface area contributed by atoms with Crippen LogP contribution in [0.15, 0.2) is 65.7 Å². The molecule has 0 saturated carbocycles. The summed E-state index contributed by atoms with van der Waals surface area (Å²) in [5.41, 5.74) is 3.16. The van der Waals surface area contributed by atoms with Gasteiger partial charge in [-0.3, -0.25) is 9.59 Å². The predicted molar refractivity (Wildman–Crippen MR) is 158 cm³/mol. The number of hydrogen-bond donors (Lipinski definition) is 1. The summed E-state index contributed by atoms with van der Waals surface area (Å²) in [5.74, 6) is -0.347. The topological polar surface area (TPSA) is 130 Å². The van der Waals surface area contributed by atoms with E-state index in [-0.39, 0.29) is 17.9 Å². The maximum Gasteiger partial charge on any atom is 0.328 e. The number of methoxy groups -OCH3 is 2. The van der Waals surface area contributed by atoms with E-state index in [2.05, 4.69) is 5.32 Å². The Hall–Kier alpha value is -4.64. The van der Waals surface area contributed by atoms with Gasteiger partial charge in [0, 0.05) is 36.1 Å². The number of aldehydes is 1. The second-order valence-electron chi connectivity index (χ2n) is 9.63. The standard InChI is InChI=1S/C31H32N2O8S/c1-6-41-31(36)27(32-20(3)35)15-23-17-33(42(37,38)24-10-7-19(2)8-11-24)28-16-22(9-12-25(23)28)26-13-21(18-34)14-29(39-4)30(26)40-5/h7-14,16-18,27H,6,15H2,1-5H3,(H,32,35). The Morgan fingerprint density at radius 3 is 2.33 bits per heavy atom. The molecule has 0 bridgehead atoms. The molecule has 4 rings (SSSR count). The van der Waals surface area contributed by atoms with E-state index in [4.69, 9.17) is 14.2 Å². The molecule has 4 aromatic rings. The summed E-state index contributed by atoms with van der Waals surface area (Å²) in [4.78, 5) is 36.3. The van der Waals surface area contributed by atoms with Gasteiger partial charge in [-0.05, 0) is 55.3 Å². The molecular formula is C31H32N2O8S. The highest BCUT2D eigenvalue weighted by atomic mass is 32.2. The van der Waals surface area contributed by atoms with Crippen molar-refractivity contribution in [3.8, 4) is 22.6 Å². The van der Waals surface area contributed by atoms with Gasteiger partial charge >= 0.3 is 5.97 Å². The molecule has 220 valence electrons. The Kier molecular flexibility index (Phi) is 9.01. The number of rotatable bonds is 11. The quantitative estimate of drug-likeness (QED) is 0.202. The molecule has 0 aliphatic heterocycles. The fourth-order valence-corrected chi connectivity index (χ4v) is 6.17. The van der Waals surface area contributed by atoms with Gasteiger partial charge in [0.2, 0.25) is 5.91 Å². The fourth-order valence-electron chi connectivity index (χ4n) is 4.79. The lowest BCUT2D eigenvalue weighted by Crippen LogP contribution is -2.42. The van der Waals surface area contributed by atoms with Crippen molar-refractivity contribution in [2.24, 2.45) is 0 Å². The number of nitrogens with zero attached hydrogens (tertiary/aromatic N) is 1. The average Bonchev–Trinajstić information content (AvgIpc) is 3.34. The molecule has 0 saturated heterocycles. The zero-order valence-corrected chi connectivity index (χ0v) is 24.8. The highest BCUT2D eigenvalue weighted by molar-refractivity contribution is 7.90. The van der Waals surface area contributed by atoms with Crippen LogP contribution in [0.3, 0.4) is 0 Å². The first-order valence-corrected chi connectivity index (χ1v) is 14.6. The molecule has 1 heterocycles. The van der Waals surface area contributed by atoms with E-state index < -0.39 is 27.9 Å². The number of carbonyl (C=O) groups is 3. The SMILES string of the molecule is CCOC(=O)C(Cc1cn(S(=O)(=O)c2ccc(C)cc2)c2cc(-c3cc(C=O)cc(OC)c3OC)ccc12)NC(C)=O. The number of aromatic nitrogens is 1. The third-order valence-corrected chi connectivity index (χ3v) is 8.44. The van der Waals surface area contributed by atoms with Crippen molar-refractivity contribution in [1.82, 2.24) is 9.29 Å². The summed E-state index contributed by atoms with van der Waals surface area (Å²) in [6.07, 6.45) is 2.13. The lowest BCUT2D eigenvalue weighted by atomic mass is 9.98. The van der Waals surface area contributed by atoms with Crippen LogP contribution in [0.2, 0.25) is 0 Å². The molecule has 11 heteroatoms. The Labute approximate surface area is 244 Å². The molecule has 3 aromatic carbocycles. The first-order valence-electron chi connectivity index (χ1n) is 13.2. The van der Waals surface area contributed by atoms with Crippen LogP contribution in [0.5, 0.6) is 11.5 Å². The first-order chi connectivity index (χ1) is 20.0. The van der Waals surface area contributed by atoms with Crippen molar-refractivity contribution in [2.45, 2.75) is 38.1 Å². The molecule has 1 aromatic heterocycles. The van der Waals surface area contributed by atoms with Gasteiger partial charge in [-0.15, -0.1) is 0 Å². The molecule has 0 radical (unpaired) electrons. The van der Waals surface area contributed by atoms with E-state index in [1.807, 2.05) is 6.92 Å². The second kappa shape index (κ2) is 12.5. The summed E-state index contributed by atoms with van der Waals surface area (Å²) < 4.78 is 45.3. The highest BCUT2D eigenvalue weighted by Gasteiger charge is 2.27. The van der Waals surface area contributed by atoms with Gasteiger partial charge in [0.05, 0.1) is 31.2 Å². The van der Waals surface area contributed by atoms with E-state index >= 15 is 0 Å². The normalized spacial score (nSPS) is 12.0. The third kappa shape index (κ3) is 6.01. The van der Waals surface area contributed by atoms with Gasteiger partial charge in [-0.25, -0.2) is 17.2 Å². The van der Waals surface area contributed by atoms with Crippen molar-refractivity contribution in [3.63, 3.8) is 0 Å². The van der Waals surface area contributed by atoms with Gasteiger partial charge in [-0.2, -0.15) is 0 Å². The average molecular weight is 593 g/mol. The number of ether oxygens (including phenoxy) is 3. The number of nitrogens with one attached hydrogen (secondary N) is 1. The molecule has 10 nitrogen and oxygen atoms in total. The Balaban J connectivity index is 1.98. The minimum absolute atomic E-state index is 0.0115. The zero-order valence-electron chi connectivity index (χ0n) is 24.0. The number of esters is 1. The van der Waals surface area contributed by atoms with Crippen LogP contribution in [0, 0.1) is 6.92 Å². The largest absolute Gasteiger partial charge is 0.493 e. The summed E-state index contributed by atoms with van der Waals surface area (Å²) in [6.45, 7) is 4.93. The van der Waals surface area contributed by atoms with Gasteiger partial charge in [-0.1, -0.05) is 29.8 Å². The number of aryl methyl sites for hydroxylation is 1. The van der Waals surface area contributed by atoms with Crippen LogP contribution >= 0.6 is 0 Å². The summed E-state index contributed by atoms with van der Waals surface area (Å²) in [6, 6.07) is 13.8. The van der Waals surface area contributed by atoms with E-state index in [0.717, 1.165) is 9.54 Å². The van der Waals surface area contributed by atoms with Crippen LogP contribution in [-0.2, 0) is 30.8 Å². The lowest BCUT2D eigenvalue weighted by molar-refractivity contribution is -0.147. The van der Waals surface area contributed by atoms with Crippen LogP contribution in [0.1, 0.15) is 35.3 Å². The molecular weight excluding hydrogens is 560 g/mol. The molecule has 1 unspecified atom stereocenters. The van der Waals surface area contributed by atoms with Crippen molar-refractivity contribution in [3.05, 3.63) is 77.5 Å². The number of carbonyl (C=O) groups excluding carboxylic acids is 3. The van der Waals surface area contributed by atoms with Gasteiger partial charge in [0.15, 0.2) is 11.5 Å². The highest BCUT2D eigenvalue weighted by Crippen LogP contribution is 2.41. The van der Waals surface area contributed by atoms with Gasteiger partial charge in [0.1, 0.15) is 12.3 Å². The van der Waals surface area contributed by atoms with E-state index in [9.17, 15) is 22.8 Å². The zero-order chi connectivity index (χ0) is 30.6. The number of benzene rings is 3. The van der Waals surface area contributed by atoms with E-state index in [0.29, 0.717) is 50.9 Å². The van der Waals surface area contributed by atoms with Crippen LogP contribution in [0.25, 0.3) is 22.0 Å². The lowest BCUT2D eigenvalue weighted by Gasteiger charge is -2.16. The Bertz CT molecular complexity index is 1760. The molecule has 0 fully saturated rings. The van der Waals surface area contributed by atoms with Crippen LogP contribution in [0.4, 0.5) is 0 Å². The van der Waals surface area contributed by atoms with Crippen LogP contribution < -0.4 is 14.8 Å². The van der Waals surface area contributed by atoms with E-state index in [1.54, 1.807) is 49.4 Å². The van der Waals surface area contributed by atoms with Crippen molar-refractivity contribution in [2.75, 3.05) is 20.8 Å². The van der Waals surface area contributed by atoms with Crippen molar-refractivity contribution >= 4 is 39.1 Å². The minimum Gasteiger partial charge on any atom is -0.493 e. The van der Waals surface area contributed by atoms with Gasteiger partial charge in [0.25, 0.3) is 10.0 Å². The summed E-state index contributed by atoms with van der Waals surface area (Å²) in [7, 11) is -1.16. The monoisotopic (exact) mass is 592 g/mol. The Morgan fingerprint density at radius 2 is 1.74 bits per heavy atom. The maximum atomic E-state index is 14.0. The minimum atomic E-state index is -4.09.